The Labute approximate surface area is 215 Å². The van der Waals surface area contributed by atoms with Gasteiger partial charge in [-0.15, -0.1) is 11.3 Å². The van der Waals surface area contributed by atoms with E-state index >= 15 is 0 Å². The topological polar surface area (TPSA) is 88.6 Å². The molecule has 7 nitrogen and oxygen atoms in total. The second-order valence-electron chi connectivity index (χ2n) is 8.99. The van der Waals surface area contributed by atoms with Crippen LogP contribution in [0, 0.1) is 20.8 Å². The molecular formula is C25H28ClN3O4S2. The van der Waals surface area contributed by atoms with E-state index in [9.17, 15) is 13.2 Å². The van der Waals surface area contributed by atoms with Crippen LogP contribution in [0.25, 0.3) is 11.3 Å². The van der Waals surface area contributed by atoms with Gasteiger partial charge in [-0.2, -0.15) is 4.31 Å². The predicted octanol–water partition coefficient (Wildman–Crippen LogP) is 5.44. The molecule has 2 heterocycles. The molecule has 3 aromatic rings. The molecule has 1 N–H and O–H groups in total. The van der Waals surface area contributed by atoms with Gasteiger partial charge in [-0.25, -0.2) is 13.4 Å². The molecule has 0 saturated carbocycles. The molecule has 0 aliphatic carbocycles. The Morgan fingerprint density at radius 3 is 2.37 bits per heavy atom. The molecule has 35 heavy (non-hydrogen) atoms. The molecule has 1 fully saturated rings. The number of morpholine rings is 1. The van der Waals surface area contributed by atoms with Crippen molar-refractivity contribution in [2.45, 2.75) is 51.7 Å². The third-order valence-corrected chi connectivity index (χ3v) is 8.93. The Kier molecular flexibility index (Phi) is 7.36. The summed E-state index contributed by atoms with van der Waals surface area (Å²) in [6, 6.07) is 8.46. The van der Waals surface area contributed by atoms with Crippen molar-refractivity contribution in [3.8, 4) is 11.3 Å². The number of carbonyl (C=O) groups is 1. The number of benzene rings is 2. The number of nitrogens with one attached hydrogen (secondary N) is 1. The van der Waals surface area contributed by atoms with Gasteiger partial charge in [-0.1, -0.05) is 29.3 Å². The van der Waals surface area contributed by atoms with E-state index < -0.39 is 15.9 Å². The van der Waals surface area contributed by atoms with Gasteiger partial charge in [-0.3, -0.25) is 10.1 Å². The molecule has 0 spiro atoms. The Hall–Kier alpha value is -2.30. The molecule has 1 aliphatic rings. The molecule has 2 unspecified atom stereocenters. The van der Waals surface area contributed by atoms with E-state index in [0.717, 1.165) is 22.4 Å². The lowest BCUT2D eigenvalue weighted by molar-refractivity contribution is -0.0440. The number of sulfonamides is 1. The number of hydrogen-bond acceptors (Lipinski definition) is 6. The van der Waals surface area contributed by atoms with Gasteiger partial charge in [0.2, 0.25) is 10.0 Å². The second kappa shape index (κ2) is 9.99. The lowest BCUT2D eigenvalue weighted by Gasteiger charge is -2.34. The largest absolute Gasteiger partial charge is 0.373 e. The van der Waals surface area contributed by atoms with Gasteiger partial charge in [-0.05, 0) is 63.9 Å². The number of hydrogen-bond donors (Lipinski definition) is 1. The minimum atomic E-state index is -3.90. The molecule has 1 amide bonds. The quantitative estimate of drug-likeness (QED) is 0.472. The summed E-state index contributed by atoms with van der Waals surface area (Å²) in [7, 11) is -3.90. The van der Waals surface area contributed by atoms with Crippen molar-refractivity contribution in [1.29, 1.82) is 0 Å². The van der Waals surface area contributed by atoms with Crippen molar-refractivity contribution in [2.24, 2.45) is 0 Å². The van der Waals surface area contributed by atoms with Crippen LogP contribution in [-0.4, -0.2) is 48.9 Å². The fourth-order valence-electron chi connectivity index (χ4n) is 4.51. The lowest BCUT2D eigenvalue weighted by atomic mass is 9.98. The molecule has 10 heteroatoms. The number of aryl methyl sites for hydroxylation is 3. The monoisotopic (exact) mass is 533 g/mol. The third kappa shape index (κ3) is 5.44. The van der Waals surface area contributed by atoms with Crippen molar-refractivity contribution >= 4 is 44.0 Å². The zero-order valence-electron chi connectivity index (χ0n) is 20.3. The average molecular weight is 534 g/mol. The highest BCUT2D eigenvalue weighted by Crippen LogP contribution is 2.32. The number of anilines is 1. The number of thiazole rings is 1. The van der Waals surface area contributed by atoms with Gasteiger partial charge >= 0.3 is 0 Å². The van der Waals surface area contributed by atoms with E-state index in [1.54, 1.807) is 0 Å². The van der Waals surface area contributed by atoms with E-state index in [1.165, 1.54) is 39.4 Å². The highest BCUT2D eigenvalue weighted by molar-refractivity contribution is 7.89. The fourth-order valence-corrected chi connectivity index (χ4v) is 7.30. The van der Waals surface area contributed by atoms with Gasteiger partial charge in [0.1, 0.15) is 4.90 Å². The van der Waals surface area contributed by atoms with Gasteiger partial charge in [0, 0.05) is 29.6 Å². The Bertz CT molecular complexity index is 1350. The summed E-state index contributed by atoms with van der Waals surface area (Å²) in [5.74, 6) is -0.458. The molecule has 1 aliphatic heterocycles. The zero-order chi connectivity index (χ0) is 25.5. The highest BCUT2D eigenvalue weighted by atomic mass is 35.5. The first-order valence-electron chi connectivity index (χ1n) is 11.3. The summed E-state index contributed by atoms with van der Waals surface area (Å²) in [5, 5.41) is 5.18. The van der Waals surface area contributed by atoms with Crippen LogP contribution in [0.15, 0.2) is 40.6 Å². The minimum Gasteiger partial charge on any atom is -0.373 e. The summed E-state index contributed by atoms with van der Waals surface area (Å²) < 4.78 is 33.7. The SMILES string of the molecule is Cc1cc(C)c(-c2csc(NC(=O)c3ccc(Cl)c(S(=O)(=O)N4CC(C)OC(C)C4)c3)n2)c(C)c1. The lowest BCUT2D eigenvalue weighted by Crippen LogP contribution is -2.48. The van der Waals surface area contributed by atoms with Crippen LogP contribution in [0.3, 0.4) is 0 Å². The molecule has 4 rings (SSSR count). The maximum atomic E-state index is 13.3. The number of halogens is 1. The van der Waals surface area contributed by atoms with Crippen LogP contribution in [0.5, 0.6) is 0 Å². The summed E-state index contributed by atoms with van der Waals surface area (Å²) in [5.41, 5.74) is 5.43. The van der Waals surface area contributed by atoms with Crippen molar-refractivity contribution in [1.82, 2.24) is 9.29 Å². The van der Waals surface area contributed by atoms with E-state index in [-0.39, 0.29) is 40.8 Å². The molecule has 1 aromatic heterocycles. The van der Waals surface area contributed by atoms with Crippen LogP contribution < -0.4 is 5.32 Å². The molecule has 0 radical (unpaired) electrons. The van der Waals surface area contributed by atoms with Crippen molar-refractivity contribution < 1.29 is 17.9 Å². The third-order valence-electron chi connectivity index (χ3n) is 5.86. The molecule has 186 valence electrons. The summed E-state index contributed by atoms with van der Waals surface area (Å²) >= 11 is 7.59. The first-order valence-corrected chi connectivity index (χ1v) is 14.0. The van der Waals surface area contributed by atoms with Gasteiger partial charge in [0.25, 0.3) is 5.91 Å². The first kappa shape index (κ1) is 25.8. The second-order valence-corrected chi connectivity index (χ2v) is 12.2. The molecular weight excluding hydrogens is 506 g/mol. The van der Waals surface area contributed by atoms with Gasteiger partial charge in [0.05, 0.1) is 22.9 Å². The van der Waals surface area contributed by atoms with E-state index in [2.05, 4.69) is 29.4 Å². The maximum Gasteiger partial charge on any atom is 0.257 e. The number of rotatable bonds is 5. The summed E-state index contributed by atoms with van der Waals surface area (Å²) in [6.07, 6.45) is -0.475. The summed E-state index contributed by atoms with van der Waals surface area (Å²) in [6.45, 7) is 10.2. The van der Waals surface area contributed by atoms with Crippen LogP contribution in [0.2, 0.25) is 5.02 Å². The van der Waals surface area contributed by atoms with Crippen molar-refractivity contribution in [3.63, 3.8) is 0 Å². The average Bonchev–Trinajstić information content (AvgIpc) is 3.20. The first-order chi connectivity index (χ1) is 16.5. The standard InChI is InChI=1S/C25H28ClN3O4S2/c1-14-8-15(2)23(16(3)9-14)21-13-34-25(27-21)28-24(30)19-6-7-20(26)22(10-19)35(31,32)29-11-17(4)33-18(5)12-29/h6-10,13,17-18H,11-12H2,1-5H3,(H,27,28,30). The van der Waals surface area contributed by atoms with Gasteiger partial charge < -0.3 is 4.74 Å². The zero-order valence-corrected chi connectivity index (χ0v) is 22.6. The predicted molar refractivity (Wildman–Crippen MR) is 140 cm³/mol. The summed E-state index contributed by atoms with van der Waals surface area (Å²) in [4.78, 5) is 17.5. The molecule has 0 bridgehead atoms. The Morgan fingerprint density at radius 2 is 1.74 bits per heavy atom. The molecule has 1 saturated heterocycles. The van der Waals surface area contributed by atoms with Crippen LogP contribution >= 0.6 is 22.9 Å². The number of carbonyl (C=O) groups excluding carboxylic acids is 1. The molecule has 2 atom stereocenters. The van der Waals surface area contributed by atoms with Gasteiger partial charge in [0.15, 0.2) is 5.13 Å². The number of amides is 1. The number of aromatic nitrogens is 1. The normalized spacial score (nSPS) is 19.0. The highest BCUT2D eigenvalue weighted by Gasteiger charge is 2.34. The number of nitrogens with zero attached hydrogens (tertiary/aromatic N) is 2. The maximum absolute atomic E-state index is 13.3. The Morgan fingerprint density at radius 1 is 1.11 bits per heavy atom. The smallest absolute Gasteiger partial charge is 0.257 e. The van der Waals surface area contributed by atoms with Crippen LogP contribution in [-0.2, 0) is 14.8 Å². The van der Waals surface area contributed by atoms with Crippen LogP contribution in [0.4, 0.5) is 5.13 Å². The van der Waals surface area contributed by atoms with Crippen molar-refractivity contribution in [3.05, 3.63) is 63.0 Å². The molecule has 2 aromatic carbocycles. The minimum absolute atomic E-state index is 0.0650. The van der Waals surface area contributed by atoms with E-state index in [4.69, 9.17) is 16.3 Å². The van der Waals surface area contributed by atoms with E-state index in [1.807, 2.05) is 33.1 Å². The fraction of sp³-hybridized carbons (Fsp3) is 0.360. The van der Waals surface area contributed by atoms with E-state index in [0.29, 0.717) is 5.13 Å². The number of ether oxygens (including phenoxy) is 1. The Balaban J connectivity index is 1.58. The van der Waals surface area contributed by atoms with Crippen LogP contribution in [0.1, 0.15) is 40.9 Å². The van der Waals surface area contributed by atoms with Crippen molar-refractivity contribution in [2.75, 3.05) is 18.4 Å².